The molecule has 2 rings (SSSR count). The van der Waals surface area contributed by atoms with Crippen molar-refractivity contribution < 1.29 is 14.3 Å². The smallest absolute Gasteiger partial charge is 0.333 e. The van der Waals surface area contributed by atoms with E-state index in [9.17, 15) is 9.59 Å². The quantitative estimate of drug-likeness (QED) is 0.636. The summed E-state index contributed by atoms with van der Waals surface area (Å²) in [6.45, 7) is 4.10. The minimum atomic E-state index is -0.693. The van der Waals surface area contributed by atoms with Gasteiger partial charge in [0.25, 0.3) is 0 Å². The lowest BCUT2D eigenvalue weighted by atomic mass is 9.90. The molecule has 6 heteroatoms. The highest BCUT2D eigenvalue weighted by Gasteiger charge is 2.42. The molecule has 1 aliphatic heterocycles. The van der Waals surface area contributed by atoms with Crippen LogP contribution in [0.15, 0.2) is 11.4 Å². The maximum absolute atomic E-state index is 12.7. The fourth-order valence-electron chi connectivity index (χ4n) is 2.35. The zero-order valence-electron chi connectivity index (χ0n) is 11.8. The fourth-order valence-corrected chi connectivity index (χ4v) is 3.37. The molecule has 2 heterocycles. The number of halogens is 1. The number of nitrogens with zero attached hydrogens (tertiary/aromatic N) is 1. The summed E-state index contributed by atoms with van der Waals surface area (Å²) in [6.07, 6.45) is 0.768. The molecule has 1 unspecified atom stereocenters. The third kappa shape index (κ3) is 2.56. The highest BCUT2D eigenvalue weighted by Crippen LogP contribution is 2.36. The molecule has 1 aromatic heterocycles. The van der Waals surface area contributed by atoms with E-state index in [0.29, 0.717) is 6.54 Å². The van der Waals surface area contributed by atoms with E-state index in [4.69, 9.17) is 16.3 Å². The van der Waals surface area contributed by atoms with Crippen LogP contribution in [0.1, 0.15) is 30.3 Å². The lowest BCUT2D eigenvalue weighted by molar-refractivity contribution is -0.157. The van der Waals surface area contributed by atoms with Gasteiger partial charge in [0, 0.05) is 17.3 Å². The van der Waals surface area contributed by atoms with Gasteiger partial charge in [0.1, 0.15) is 0 Å². The van der Waals surface area contributed by atoms with Gasteiger partial charge in [-0.2, -0.15) is 0 Å². The first-order valence-electron chi connectivity index (χ1n) is 6.43. The average Bonchev–Trinajstić information content (AvgIpc) is 2.92. The molecular weight excluding hydrogens is 298 g/mol. The molecule has 0 fully saturated rings. The number of esters is 1. The first-order valence-corrected chi connectivity index (χ1v) is 7.85. The van der Waals surface area contributed by atoms with Crippen molar-refractivity contribution in [2.24, 2.45) is 5.41 Å². The number of alkyl halides is 1. The van der Waals surface area contributed by atoms with Crippen LogP contribution in [0.5, 0.6) is 0 Å². The van der Waals surface area contributed by atoms with Gasteiger partial charge in [-0.05, 0) is 37.3 Å². The van der Waals surface area contributed by atoms with Crippen molar-refractivity contribution in [2.45, 2.75) is 26.3 Å². The van der Waals surface area contributed by atoms with Gasteiger partial charge in [-0.3, -0.25) is 4.79 Å². The van der Waals surface area contributed by atoms with Gasteiger partial charge in [-0.15, -0.1) is 22.9 Å². The number of fused-ring (bicyclic) bond motifs is 1. The number of ether oxygens (including phenoxy) is 1. The van der Waals surface area contributed by atoms with Crippen LogP contribution in [0.2, 0.25) is 0 Å². The van der Waals surface area contributed by atoms with Crippen LogP contribution in [-0.2, 0) is 20.7 Å². The number of methoxy groups -OCH3 is 1. The summed E-state index contributed by atoms with van der Waals surface area (Å²) < 4.78 is 4.88. The Kier molecular flexibility index (Phi) is 4.39. The number of hydrogen-bond acceptors (Lipinski definition) is 4. The topological polar surface area (TPSA) is 46.6 Å². The molecule has 0 spiro atoms. The molecule has 110 valence electrons. The van der Waals surface area contributed by atoms with Crippen LogP contribution in [0.25, 0.3) is 0 Å². The molecule has 20 heavy (non-hydrogen) atoms. The van der Waals surface area contributed by atoms with Crippen molar-refractivity contribution in [2.75, 3.05) is 19.5 Å². The van der Waals surface area contributed by atoms with E-state index in [1.165, 1.54) is 7.11 Å². The van der Waals surface area contributed by atoms with E-state index in [1.54, 1.807) is 30.1 Å². The number of thiophene rings is 1. The predicted octanol–water partition coefficient (Wildman–Crippen LogP) is 2.61. The van der Waals surface area contributed by atoms with Gasteiger partial charge < -0.3 is 9.64 Å². The summed E-state index contributed by atoms with van der Waals surface area (Å²) in [5.74, 6) is -0.296. The Morgan fingerprint density at radius 3 is 2.85 bits per heavy atom. The molecule has 0 N–H and O–H groups in total. The summed E-state index contributed by atoms with van der Waals surface area (Å²) in [7, 11) is 1.35. The average molecular weight is 316 g/mol. The summed E-state index contributed by atoms with van der Waals surface area (Å²) in [4.78, 5) is 27.5. The predicted molar refractivity (Wildman–Crippen MR) is 79.0 cm³/mol. The summed E-state index contributed by atoms with van der Waals surface area (Å²) in [6, 6.07) is 1.25. The Morgan fingerprint density at radius 1 is 1.55 bits per heavy atom. The van der Waals surface area contributed by atoms with Gasteiger partial charge in [0.2, 0.25) is 5.91 Å². The molecule has 1 atom stereocenters. The number of amides is 1. The van der Waals surface area contributed by atoms with Crippen LogP contribution < -0.4 is 0 Å². The Hall–Kier alpha value is -1.07. The second-order valence-corrected chi connectivity index (χ2v) is 6.76. The molecule has 1 amide bonds. The molecule has 0 radical (unpaired) electrons. The van der Waals surface area contributed by atoms with E-state index in [-0.39, 0.29) is 11.8 Å². The van der Waals surface area contributed by atoms with E-state index in [0.717, 1.165) is 16.9 Å². The molecule has 0 saturated carbocycles. The Balaban J connectivity index is 2.39. The molecule has 0 saturated heterocycles. The van der Waals surface area contributed by atoms with Gasteiger partial charge >= 0.3 is 5.97 Å². The minimum absolute atomic E-state index is 0.111. The lowest BCUT2D eigenvalue weighted by Gasteiger charge is -2.38. The lowest BCUT2D eigenvalue weighted by Crippen LogP contribution is -2.49. The van der Waals surface area contributed by atoms with Crippen LogP contribution in [0.3, 0.4) is 0 Å². The Morgan fingerprint density at radius 2 is 2.25 bits per heavy atom. The minimum Gasteiger partial charge on any atom is -0.467 e. The van der Waals surface area contributed by atoms with Crippen LogP contribution in [0, 0.1) is 5.41 Å². The molecular formula is C14H18ClNO3S. The highest BCUT2D eigenvalue weighted by molar-refractivity contribution is 7.10. The zero-order chi connectivity index (χ0) is 14.9. The van der Waals surface area contributed by atoms with Crippen molar-refractivity contribution >= 4 is 34.8 Å². The number of carbonyl (C=O) groups excluding carboxylic acids is 2. The van der Waals surface area contributed by atoms with Crippen molar-refractivity contribution in [3.8, 4) is 0 Å². The Labute approximate surface area is 127 Å². The third-order valence-electron chi connectivity index (χ3n) is 3.56. The van der Waals surface area contributed by atoms with Crippen molar-refractivity contribution in [3.05, 3.63) is 21.9 Å². The number of hydrogen-bond donors (Lipinski definition) is 0. The summed E-state index contributed by atoms with van der Waals surface area (Å²) >= 11 is 7.50. The van der Waals surface area contributed by atoms with Gasteiger partial charge in [-0.25, -0.2) is 4.79 Å². The second-order valence-electron chi connectivity index (χ2n) is 5.49. The SMILES string of the molecule is COC(=O)C1c2ccsc2CCN1C(=O)C(C)(C)CCl. The van der Waals surface area contributed by atoms with Gasteiger partial charge in [0.05, 0.1) is 12.5 Å². The standard InChI is InChI=1S/C14H18ClNO3S/c1-14(2,8-15)13(18)16-6-4-10-9(5-7-20-10)11(16)12(17)19-3/h5,7,11H,4,6,8H2,1-3H3. The number of carbonyl (C=O) groups is 2. The highest BCUT2D eigenvalue weighted by atomic mass is 35.5. The first kappa shape index (κ1) is 15.3. The van der Waals surface area contributed by atoms with Gasteiger partial charge in [0.15, 0.2) is 6.04 Å². The maximum atomic E-state index is 12.7. The van der Waals surface area contributed by atoms with E-state index in [1.807, 2.05) is 11.4 Å². The zero-order valence-corrected chi connectivity index (χ0v) is 13.4. The largest absolute Gasteiger partial charge is 0.467 e. The molecule has 0 aromatic carbocycles. The van der Waals surface area contributed by atoms with E-state index >= 15 is 0 Å². The van der Waals surface area contributed by atoms with Crippen molar-refractivity contribution in [1.29, 1.82) is 0 Å². The van der Waals surface area contributed by atoms with Crippen LogP contribution in [-0.4, -0.2) is 36.3 Å². The Bertz CT molecular complexity index is 526. The molecule has 1 aromatic rings. The molecule has 4 nitrogen and oxygen atoms in total. The fraction of sp³-hybridized carbons (Fsp3) is 0.571. The van der Waals surface area contributed by atoms with Crippen molar-refractivity contribution in [3.63, 3.8) is 0 Å². The van der Waals surface area contributed by atoms with Crippen molar-refractivity contribution in [1.82, 2.24) is 4.90 Å². The molecule has 0 aliphatic carbocycles. The van der Waals surface area contributed by atoms with Crippen LogP contribution in [0.4, 0.5) is 0 Å². The molecule has 0 bridgehead atoms. The first-order chi connectivity index (χ1) is 9.42. The third-order valence-corrected chi connectivity index (χ3v) is 5.23. The summed E-state index contributed by atoms with van der Waals surface area (Å²) in [5.41, 5.74) is 0.188. The number of rotatable bonds is 3. The van der Waals surface area contributed by atoms with E-state index in [2.05, 4.69) is 0 Å². The maximum Gasteiger partial charge on any atom is 0.333 e. The second kappa shape index (κ2) is 5.74. The van der Waals surface area contributed by atoms with E-state index < -0.39 is 17.4 Å². The van der Waals surface area contributed by atoms with Crippen LogP contribution >= 0.6 is 22.9 Å². The van der Waals surface area contributed by atoms with Gasteiger partial charge in [-0.1, -0.05) is 0 Å². The molecule has 1 aliphatic rings. The normalized spacial score (nSPS) is 18.6. The monoisotopic (exact) mass is 315 g/mol. The summed E-state index contributed by atoms with van der Waals surface area (Å²) in [5, 5.41) is 1.95.